The van der Waals surface area contributed by atoms with Crippen molar-refractivity contribution in [2.45, 2.75) is 38.0 Å². The molecule has 1 aromatic carbocycles. The average Bonchev–Trinajstić information content (AvgIpc) is 3.49. The SMILES string of the molecule is CC(C(N)=O)C(=O)[C@@]1(O)C(O)=C2C(=O)c3c(O)c(CNC(=O)c4ccno4)cc(N(C)C)c3C[C@H]2C[C@H]1C(CO)N(C)C. The molecule has 2 aliphatic rings. The van der Waals surface area contributed by atoms with Crippen molar-refractivity contribution >= 4 is 29.1 Å². The average molecular weight is 600 g/mol. The maximum Gasteiger partial charge on any atom is 0.290 e. The number of anilines is 1. The van der Waals surface area contributed by atoms with Gasteiger partial charge in [-0.3, -0.25) is 19.2 Å². The van der Waals surface area contributed by atoms with E-state index in [1.165, 1.54) is 19.2 Å². The van der Waals surface area contributed by atoms with Gasteiger partial charge in [-0.2, -0.15) is 0 Å². The van der Waals surface area contributed by atoms with E-state index in [1.54, 1.807) is 44.1 Å². The van der Waals surface area contributed by atoms with E-state index in [4.69, 9.17) is 10.3 Å². The number of amides is 2. The van der Waals surface area contributed by atoms with Gasteiger partial charge in [-0.05, 0) is 51.4 Å². The van der Waals surface area contributed by atoms with Crippen molar-refractivity contribution in [1.82, 2.24) is 15.4 Å². The quantitative estimate of drug-likeness (QED) is 0.197. The molecule has 43 heavy (non-hydrogen) atoms. The number of rotatable bonds is 10. The first kappa shape index (κ1) is 31.7. The second kappa shape index (κ2) is 11.8. The summed E-state index contributed by atoms with van der Waals surface area (Å²) in [6.07, 6.45) is 1.44. The summed E-state index contributed by atoms with van der Waals surface area (Å²) in [6.45, 7) is 0.508. The third-order valence-electron chi connectivity index (χ3n) is 8.58. The third kappa shape index (κ3) is 5.26. The number of phenols is 1. The molecule has 0 spiro atoms. The predicted molar refractivity (Wildman–Crippen MR) is 152 cm³/mol. The van der Waals surface area contributed by atoms with E-state index in [0.29, 0.717) is 11.3 Å². The first-order valence-electron chi connectivity index (χ1n) is 13.7. The van der Waals surface area contributed by atoms with Crippen molar-refractivity contribution in [2.24, 2.45) is 23.5 Å². The molecular weight excluding hydrogens is 562 g/mol. The van der Waals surface area contributed by atoms with E-state index >= 15 is 0 Å². The van der Waals surface area contributed by atoms with E-state index < -0.39 is 70.9 Å². The van der Waals surface area contributed by atoms with E-state index in [2.05, 4.69) is 10.5 Å². The number of allylic oxidation sites excluding steroid dienone is 1. The summed E-state index contributed by atoms with van der Waals surface area (Å²) >= 11 is 0. The highest BCUT2D eigenvalue weighted by molar-refractivity contribution is 6.16. The molecule has 2 amide bonds. The number of carbonyl (C=O) groups is 4. The van der Waals surface area contributed by atoms with Crippen LogP contribution in [0.15, 0.2) is 34.2 Å². The van der Waals surface area contributed by atoms with Crippen LogP contribution in [0.5, 0.6) is 5.75 Å². The number of carbonyl (C=O) groups excluding carboxylic acids is 4. The third-order valence-corrected chi connectivity index (χ3v) is 8.58. The number of primary amides is 1. The lowest BCUT2D eigenvalue weighted by molar-refractivity contribution is -0.155. The van der Waals surface area contributed by atoms with Crippen molar-refractivity contribution in [1.29, 1.82) is 0 Å². The fourth-order valence-electron chi connectivity index (χ4n) is 6.21. The molecule has 0 bridgehead atoms. The molecule has 5 atom stereocenters. The lowest BCUT2D eigenvalue weighted by Gasteiger charge is -2.48. The van der Waals surface area contributed by atoms with Gasteiger partial charge >= 0.3 is 0 Å². The summed E-state index contributed by atoms with van der Waals surface area (Å²) in [5.74, 6) is -8.31. The largest absolute Gasteiger partial charge is 0.508 e. The number of aromatic hydroxyl groups is 1. The van der Waals surface area contributed by atoms with Crippen LogP contribution in [0, 0.1) is 17.8 Å². The molecule has 232 valence electrons. The van der Waals surface area contributed by atoms with Crippen molar-refractivity contribution in [3.8, 4) is 5.75 Å². The topological polar surface area (TPSA) is 220 Å². The number of benzene rings is 1. The van der Waals surface area contributed by atoms with Crippen LogP contribution in [-0.4, -0.2) is 100 Å². The van der Waals surface area contributed by atoms with Crippen molar-refractivity contribution in [3.63, 3.8) is 0 Å². The van der Waals surface area contributed by atoms with Crippen LogP contribution < -0.4 is 16.0 Å². The number of aliphatic hydroxyl groups is 3. The molecule has 0 radical (unpaired) electrons. The van der Waals surface area contributed by atoms with E-state index in [9.17, 15) is 39.6 Å². The molecular formula is C29H37N5O9. The number of phenolic OH excluding ortho intramolecular Hbond substituents is 1. The zero-order chi connectivity index (χ0) is 32.0. The Labute approximate surface area is 247 Å². The van der Waals surface area contributed by atoms with Crippen LogP contribution in [0.2, 0.25) is 0 Å². The summed E-state index contributed by atoms with van der Waals surface area (Å²) in [7, 11) is 6.76. The van der Waals surface area contributed by atoms with Crippen LogP contribution >= 0.6 is 0 Å². The standard InChI is InChI=1S/C29H37N5O9/c1-13(27(30)40)25(38)29(42)17(19(12-35)34(4)5)9-14-8-16-18(33(2)3)10-15(11-31-28(41)20-6-7-32-43-20)23(36)22(16)24(37)21(14)26(29)39/h6-7,10,13-14,17,19,35-36,39,42H,8-9,11-12H2,1-5H3,(H2,30,40)(H,31,41)/t13?,14-,17-,19?,29+/m0/s1. The molecule has 2 aliphatic carbocycles. The summed E-state index contributed by atoms with van der Waals surface area (Å²) in [4.78, 5) is 55.5. The molecule has 0 saturated carbocycles. The van der Waals surface area contributed by atoms with Gasteiger partial charge in [-0.15, -0.1) is 0 Å². The van der Waals surface area contributed by atoms with Gasteiger partial charge < -0.3 is 45.8 Å². The van der Waals surface area contributed by atoms with Crippen molar-refractivity contribution in [2.75, 3.05) is 39.7 Å². The highest BCUT2D eigenvalue weighted by atomic mass is 16.5. The second-order valence-corrected chi connectivity index (χ2v) is 11.5. The highest BCUT2D eigenvalue weighted by Crippen LogP contribution is 2.51. The number of ketones is 2. The monoisotopic (exact) mass is 599 g/mol. The molecule has 7 N–H and O–H groups in total. The number of hydrogen-bond acceptors (Lipinski definition) is 12. The Kier molecular flexibility index (Phi) is 8.67. The summed E-state index contributed by atoms with van der Waals surface area (Å²) in [5, 5.41) is 51.2. The molecule has 0 aliphatic heterocycles. The molecule has 0 saturated heterocycles. The number of hydrogen-bond donors (Lipinski definition) is 6. The van der Waals surface area contributed by atoms with Gasteiger partial charge in [0.2, 0.25) is 11.7 Å². The Morgan fingerprint density at radius 1 is 1.23 bits per heavy atom. The summed E-state index contributed by atoms with van der Waals surface area (Å²) in [5.41, 5.74) is 3.48. The van der Waals surface area contributed by atoms with Crippen LogP contribution in [0.25, 0.3) is 0 Å². The number of aromatic nitrogens is 1. The molecule has 14 nitrogen and oxygen atoms in total. The summed E-state index contributed by atoms with van der Waals surface area (Å²) < 4.78 is 4.85. The lowest BCUT2D eigenvalue weighted by Crippen LogP contribution is -2.62. The first-order valence-corrected chi connectivity index (χ1v) is 13.7. The minimum Gasteiger partial charge on any atom is -0.508 e. The van der Waals surface area contributed by atoms with Crippen molar-refractivity contribution < 1.29 is 44.1 Å². The first-order chi connectivity index (χ1) is 20.2. The molecule has 2 aromatic rings. The smallest absolute Gasteiger partial charge is 0.290 e. The van der Waals surface area contributed by atoms with Crippen LogP contribution in [0.4, 0.5) is 5.69 Å². The predicted octanol–water partition coefficient (Wildman–Crippen LogP) is -0.0927. The van der Waals surface area contributed by atoms with Crippen LogP contribution in [-0.2, 0) is 22.6 Å². The fourth-order valence-corrected chi connectivity index (χ4v) is 6.21. The molecule has 2 unspecified atom stereocenters. The number of nitrogens with two attached hydrogens (primary N) is 1. The Morgan fingerprint density at radius 3 is 2.44 bits per heavy atom. The van der Waals surface area contributed by atoms with Crippen LogP contribution in [0.1, 0.15) is 45.4 Å². The number of aliphatic hydroxyl groups excluding tert-OH is 2. The zero-order valence-electron chi connectivity index (χ0n) is 24.6. The maximum absolute atomic E-state index is 14.1. The van der Waals surface area contributed by atoms with E-state index in [1.807, 2.05) is 0 Å². The van der Waals surface area contributed by atoms with Gasteiger partial charge in [-0.1, -0.05) is 5.16 Å². The zero-order valence-corrected chi connectivity index (χ0v) is 24.6. The Bertz CT molecular complexity index is 1480. The molecule has 1 aromatic heterocycles. The van der Waals surface area contributed by atoms with E-state index in [0.717, 1.165) is 0 Å². The number of nitrogens with zero attached hydrogens (tertiary/aromatic N) is 3. The Balaban J connectivity index is 1.87. The molecule has 4 rings (SSSR count). The lowest BCUT2D eigenvalue weighted by atomic mass is 9.60. The van der Waals surface area contributed by atoms with Gasteiger partial charge in [0.15, 0.2) is 17.2 Å². The minimum atomic E-state index is -2.73. The van der Waals surface area contributed by atoms with Gasteiger partial charge in [0, 0.05) is 55.5 Å². The van der Waals surface area contributed by atoms with Crippen LogP contribution in [0.3, 0.4) is 0 Å². The fraction of sp³-hybridized carbons (Fsp3) is 0.483. The van der Waals surface area contributed by atoms with Gasteiger partial charge in [0.05, 0.1) is 24.3 Å². The van der Waals surface area contributed by atoms with Gasteiger partial charge in [-0.25, -0.2) is 0 Å². The van der Waals surface area contributed by atoms with E-state index in [-0.39, 0.29) is 41.8 Å². The number of likely N-dealkylation sites (N-methyl/N-ethyl adjacent to an activating group) is 1. The number of nitrogens with one attached hydrogen (secondary N) is 1. The summed E-state index contributed by atoms with van der Waals surface area (Å²) in [6, 6.07) is 2.16. The maximum atomic E-state index is 14.1. The number of Topliss-reactive ketones (excluding diaryl/α,β-unsaturated/α-hetero) is 2. The number of fused-ring (bicyclic) bond motifs is 2. The molecule has 0 fully saturated rings. The van der Waals surface area contributed by atoms with Gasteiger partial charge in [0.25, 0.3) is 5.91 Å². The van der Waals surface area contributed by atoms with Crippen molar-refractivity contribution in [3.05, 3.63) is 52.1 Å². The Hall–Kier alpha value is -4.27. The normalized spacial score (nSPS) is 22.9. The Morgan fingerprint density at radius 2 is 1.91 bits per heavy atom. The van der Waals surface area contributed by atoms with Gasteiger partial charge in [0.1, 0.15) is 11.5 Å². The minimum absolute atomic E-state index is 0.00960. The second-order valence-electron chi connectivity index (χ2n) is 11.5. The molecule has 14 heteroatoms. The molecule has 1 heterocycles. The highest BCUT2D eigenvalue weighted by Gasteiger charge is 2.59.